The first-order valence-corrected chi connectivity index (χ1v) is 7.57. The molecule has 5 heteroatoms. The predicted molar refractivity (Wildman–Crippen MR) is 84.5 cm³/mol. The molecular formula is C15H17ClN2OS. The smallest absolute Gasteiger partial charge is 0.263 e. The van der Waals surface area contributed by atoms with E-state index in [-0.39, 0.29) is 11.9 Å². The van der Waals surface area contributed by atoms with Crippen LogP contribution in [0.25, 0.3) is 0 Å². The molecule has 0 aliphatic heterocycles. The Morgan fingerprint density at radius 2 is 2.00 bits per heavy atom. The van der Waals surface area contributed by atoms with E-state index in [1.807, 2.05) is 54.7 Å². The van der Waals surface area contributed by atoms with E-state index in [1.54, 1.807) is 6.07 Å². The monoisotopic (exact) mass is 308 g/mol. The zero-order valence-electron chi connectivity index (χ0n) is 11.5. The molecular weight excluding hydrogens is 292 g/mol. The maximum absolute atomic E-state index is 12.3. The van der Waals surface area contributed by atoms with Crippen LogP contribution in [0.5, 0.6) is 0 Å². The summed E-state index contributed by atoms with van der Waals surface area (Å²) in [7, 11) is 3.97. The third-order valence-corrected chi connectivity index (χ3v) is 4.22. The van der Waals surface area contributed by atoms with Crippen LogP contribution >= 0.6 is 22.9 Å². The summed E-state index contributed by atoms with van der Waals surface area (Å²) in [6, 6.07) is 11.6. The van der Waals surface area contributed by atoms with Crippen molar-refractivity contribution < 1.29 is 4.79 Å². The fourth-order valence-electron chi connectivity index (χ4n) is 1.96. The minimum Gasteiger partial charge on any atom is -0.343 e. The zero-order chi connectivity index (χ0) is 14.5. The first kappa shape index (κ1) is 15.0. The van der Waals surface area contributed by atoms with E-state index in [0.717, 1.165) is 12.1 Å². The molecule has 0 saturated heterocycles. The van der Waals surface area contributed by atoms with Crippen LogP contribution in [0.1, 0.15) is 21.3 Å². The van der Waals surface area contributed by atoms with Crippen LogP contribution < -0.4 is 5.32 Å². The lowest BCUT2D eigenvalue weighted by Gasteiger charge is -2.22. The average Bonchev–Trinajstić information content (AvgIpc) is 2.85. The van der Waals surface area contributed by atoms with Gasteiger partial charge >= 0.3 is 0 Å². The third kappa shape index (κ3) is 3.82. The van der Waals surface area contributed by atoms with Crippen molar-refractivity contribution in [3.63, 3.8) is 0 Å². The Bertz CT molecular complexity index is 568. The summed E-state index contributed by atoms with van der Waals surface area (Å²) in [5.41, 5.74) is 1.09. The van der Waals surface area contributed by atoms with Gasteiger partial charge in [0.25, 0.3) is 5.91 Å². The molecule has 1 aromatic carbocycles. The molecule has 0 saturated carbocycles. The molecule has 0 bridgehead atoms. The lowest BCUT2D eigenvalue weighted by molar-refractivity contribution is 0.0934. The highest BCUT2D eigenvalue weighted by atomic mass is 35.5. The zero-order valence-corrected chi connectivity index (χ0v) is 13.0. The fourth-order valence-corrected chi connectivity index (χ4v) is 3.01. The molecule has 1 heterocycles. The Kier molecular flexibility index (Phi) is 5.17. The van der Waals surface area contributed by atoms with Crippen molar-refractivity contribution in [1.82, 2.24) is 10.2 Å². The second-order valence-electron chi connectivity index (χ2n) is 4.80. The molecule has 0 spiro atoms. The van der Waals surface area contributed by atoms with Gasteiger partial charge in [-0.2, -0.15) is 0 Å². The van der Waals surface area contributed by atoms with Crippen LogP contribution in [0, 0.1) is 0 Å². The SMILES string of the molecule is CN(C)C[C@H](NC(=O)c1sccc1Cl)c1ccccc1. The van der Waals surface area contributed by atoms with E-state index in [1.165, 1.54) is 11.3 Å². The molecule has 0 aliphatic carbocycles. The summed E-state index contributed by atoms with van der Waals surface area (Å²) in [5, 5.41) is 5.38. The van der Waals surface area contributed by atoms with Gasteiger partial charge in [-0.1, -0.05) is 41.9 Å². The van der Waals surface area contributed by atoms with E-state index in [0.29, 0.717) is 9.90 Å². The first-order valence-electron chi connectivity index (χ1n) is 6.31. The fraction of sp³-hybridized carbons (Fsp3) is 0.267. The van der Waals surface area contributed by atoms with Gasteiger partial charge in [0.2, 0.25) is 0 Å². The molecule has 0 fully saturated rings. The Balaban J connectivity index is 2.16. The summed E-state index contributed by atoms with van der Waals surface area (Å²) in [5.74, 6) is -0.124. The van der Waals surface area contributed by atoms with Crippen LogP contribution in [-0.4, -0.2) is 31.4 Å². The van der Waals surface area contributed by atoms with Crippen LogP contribution in [0.4, 0.5) is 0 Å². The number of hydrogen-bond donors (Lipinski definition) is 1. The maximum Gasteiger partial charge on any atom is 0.263 e. The summed E-state index contributed by atoms with van der Waals surface area (Å²) >= 11 is 7.37. The van der Waals surface area contributed by atoms with Crippen LogP contribution in [0.2, 0.25) is 5.02 Å². The van der Waals surface area contributed by atoms with Gasteiger partial charge in [0.05, 0.1) is 11.1 Å². The Hall–Kier alpha value is -1.36. The largest absolute Gasteiger partial charge is 0.343 e. The van der Waals surface area contributed by atoms with Gasteiger partial charge in [0, 0.05) is 6.54 Å². The predicted octanol–water partition coefficient (Wildman–Crippen LogP) is 3.43. The minimum atomic E-state index is -0.124. The Morgan fingerprint density at radius 1 is 1.30 bits per heavy atom. The topological polar surface area (TPSA) is 32.3 Å². The van der Waals surface area contributed by atoms with E-state index in [2.05, 4.69) is 5.32 Å². The molecule has 1 aromatic heterocycles. The number of amides is 1. The van der Waals surface area contributed by atoms with Gasteiger partial charge in [-0.05, 0) is 31.1 Å². The second kappa shape index (κ2) is 6.88. The number of likely N-dealkylation sites (N-methyl/N-ethyl adjacent to an activating group) is 1. The minimum absolute atomic E-state index is 0.0585. The van der Waals surface area contributed by atoms with Gasteiger partial charge in [-0.25, -0.2) is 0 Å². The number of rotatable bonds is 5. The van der Waals surface area contributed by atoms with Gasteiger partial charge in [-0.3, -0.25) is 4.79 Å². The van der Waals surface area contributed by atoms with Crippen LogP contribution in [0.15, 0.2) is 41.8 Å². The van der Waals surface area contributed by atoms with E-state index >= 15 is 0 Å². The molecule has 2 rings (SSSR count). The maximum atomic E-state index is 12.3. The van der Waals surface area contributed by atoms with Gasteiger partial charge in [0.15, 0.2) is 0 Å². The lowest BCUT2D eigenvalue weighted by atomic mass is 10.1. The van der Waals surface area contributed by atoms with Crippen LogP contribution in [-0.2, 0) is 0 Å². The van der Waals surface area contributed by atoms with E-state index in [9.17, 15) is 4.79 Å². The summed E-state index contributed by atoms with van der Waals surface area (Å²) in [6.07, 6.45) is 0. The number of thiophene rings is 1. The molecule has 2 aromatic rings. The van der Waals surface area contributed by atoms with E-state index in [4.69, 9.17) is 11.6 Å². The second-order valence-corrected chi connectivity index (χ2v) is 6.12. The number of hydrogen-bond acceptors (Lipinski definition) is 3. The van der Waals surface area contributed by atoms with E-state index < -0.39 is 0 Å². The molecule has 0 unspecified atom stereocenters. The molecule has 0 radical (unpaired) electrons. The van der Waals surface area contributed by atoms with Crippen molar-refractivity contribution in [2.45, 2.75) is 6.04 Å². The first-order chi connectivity index (χ1) is 9.58. The number of benzene rings is 1. The van der Waals surface area contributed by atoms with Crippen LogP contribution in [0.3, 0.4) is 0 Å². The molecule has 1 N–H and O–H groups in total. The molecule has 20 heavy (non-hydrogen) atoms. The number of carbonyl (C=O) groups excluding carboxylic acids is 1. The van der Waals surface area contributed by atoms with Crippen molar-refractivity contribution in [1.29, 1.82) is 0 Å². The van der Waals surface area contributed by atoms with Crippen molar-refractivity contribution >= 4 is 28.8 Å². The summed E-state index contributed by atoms with van der Waals surface area (Å²) in [4.78, 5) is 14.9. The Labute approximate surface area is 128 Å². The van der Waals surface area contributed by atoms with Crippen molar-refractivity contribution in [3.8, 4) is 0 Å². The highest BCUT2D eigenvalue weighted by Crippen LogP contribution is 2.23. The number of carbonyl (C=O) groups is 1. The number of nitrogens with zero attached hydrogens (tertiary/aromatic N) is 1. The quantitative estimate of drug-likeness (QED) is 0.918. The normalized spacial score (nSPS) is 12.4. The van der Waals surface area contributed by atoms with Crippen molar-refractivity contribution in [3.05, 3.63) is 57.2 Å². The van der Waals surface area contributed by atoms with Gasteiger partial charge in [0.1, 0.15) is 4.88 Å². The summed E-state index contributed by atoms with van der Waals surface area (Å²) in [6.45, 7) is 0.735. The summed E-state index contributed by atoms with van der Waals surface area (Å²) < 4.78 is 0. The molecule has 0 aliphatic rings. The van der Waals surface area contributed by atoms with Gasteiger partial charge < -0.3 is 10.2 Å². The highest BCUT2D eigenvalue weighted by Gasteiger charge is 2.18. The number of nitrogens with one attached hydrogen (secondary N) is 1. The molecule has 1 atom stereocenters. The van der Waals surface area contributed by atoms with Crippen molar-refractivity contribution in [2.24, 2.45) is 0 Å². The highest BCUT2D eigenvalue weighted by molar-refractivity contribution is 7.12. The molecule has 1 amide bonds. The lowest BCUT2D eigenvalue weighted by Crippen LogP contribution is -2.35. The number of halogens is 1. The van der Waals surface area contributed by atoms with Crippen molar-refractivity contribution in [2.75, 3.05) is 20.6 Å². The Morgan fingerprint density at radius 3 is 2.55 bits per heavy atom. The van der Waals surface area contributed by atoms with Gasteiger partial charge in [-0.15, -0.1) is 11.3 Å². The average molecular weight is 309 g/mol. The molecule has 106 valence electrons. The molecule has 3 nitrogen and oxygen atoms in total. The third-order valence-electron chi connectivity index (χ3n) is 2.88. The standard InChI is InChI=1S/C15H17ClN2OS/c1-18(2)10-13(11-6-4-3-5-7-11)17-15(19)14-12(16)8-9-20-14/h3-9,13H,10H2,1-2H3,(H,17,19)/t13-/m0/s1.